The second kappa shape index (κ2) is 10.7. The number of rotatable bonds is 8. The van der Waals surface area contributed by atoms with Crippen LogP contribution in [0.25, 0.3) is 0 Å². The van der Waals surface area contributed by atoms with Gasteiger partial charge in [-0.15, -0.1) is 0 Å². The van der Waals surface area contributed by atoms with E-state index in [-0.39, 0.29) is 0 Å². The lowest BCUT2D eigenvalue weighted by molar-refractivity contribution is 0.146. The summed E-state index contributed by atoms with van der Waals surface area (Å²) in [6, 6.07) is 10.0. The molecule has 0 amide bonds. The Labute approximate surface area is 166 Å². The van der Waals surface area contributed by atoms with Gasteiger partial charge in [0.25, 0.3) is 0 Å². The molecule has 0 aliphatic carbocycles. The van der Waals surface area contributed by atoms with E-state index in [4.69, 9.17) is 14.0 Å². The van der Waals surface area contributed by atoms with Gasteiger partial charge >= 0.3 is 0 Å². The summed E-state index contributed by atoms with van der Waals surface area (Å²) in [6.07, 6.45) is 1.62. The molecule has 2 heterocycles. The van der Waals surface area contributed by atoms with Crippen molar-refractivity contribution in [3.63, 3.8) is 0 Å². The summed E-state index contributed by atoms with van der Waals surface area (Å²) in [4.78, 5) is 9.12. The first-order valence-corrected chi connectivity index (χ1v) is 9.56. The van der Waals surface area contributed by atoms with Gasteiger partial charge in [-0.05, 0) is 17.7 Å². The maximum Gasteiger partial charge on any atom is 0.194 e. The largest absolute Gasteiger partial charge is 0.491 e. The second-order valence-electron chi connectivity index (χ2n) is 6.64. The molecule has 0 spiro atoms. The van der Waals surface area contributed by atoms with Crippen molar-refractivity contribution in [1.29, 1.82) is 0 Å². The lowest BCUT2D eigenvalue weighted by Crippen LogP contribution is -2.52. The van der Waals surface area contributed by atoms with Crippen molar-refractivity contribution in [2.75, 3.05) is 53.6 Å². The van der Waals surface area contributed by atoms with Crippen LogP contribution in [0.4, 0.5) is 0 Å². The van der Waals surface area contributed by atoms with Crippen molar-refractivity contribution < 1.29 is 14.0 Å². The Morgan fingerprint density at radius 1 is 1.21 bits per heavy atom. The highest BCUT2D eigenvalue weighted by Crippen LogP contribution is 2.13. The Bertz CT molecular complexity index is 727. The Morgan fingerprint density at radius 3 is 2.79 bits per heavy atom. The SMILES string of the molecule is CN=C(NCc1cccc(OCCOC)c1)N1CCN(Cc2ccon2)CC1. The van der Waals surface area contributed by atoms with Crippen LogP contribution in [-0.4, -0.2) is 74.5 Å². The molecule has 2 aromatic rings. The van der Waals surface area contributed by atoms with Gasteiger partial charge in [-0.3, -0.25) is 9.89 Å². The standard InChI is InChI=1S/C20H29N5O3/c1-21-20(22-15-17-4-3-5-19(14-17)27-13-12-26-2)25-9-7-24(8-10-25)16-18-6-11-28-23-18/h3-6,11,14H,7-10,12-13,15-16H2,1-2H3,(H,21,22). The molecule has 1 aromatic heterocycles. The molecule has 1 aromatic carbocycles. The fraction of sp³-hybridized carbons (Fsp3) is 0.500. The average molecular weight is 387 g/mol. The van der Waals surface area contributed by atoms with Gasteiger partial charge in [0.2, 0.25) is 0 Å². The third-order valence-corrected chi connectivity index (χ3v) is 4.67. The first kappa shape index (κ1) is 20.2. The summed E-state index contributed by atoms with van der Waals surface area (Å²) in [5.41, 5.74) is 2.13. The molecule has 8 nitrogen and oxygen atoms in total. The van der Waals surface area contributed by atoms with Crippen molar-refractivity contribution >= 4 is 5.96 Å². The van der Waals surface area contributed by atoms with E-state index in [9.17, 15) is 0 Å². The summed E-state index contributed by atoms with van der Waals surface area (Å²) in [5.74, 6) is 1.78. The van der Waals surface area contributed by atoms with Crippen LogP contribution in [0.3, 0.4) is 0 Å². The van der Waals surface area contributed by atoms with Gasteiger partial charge in [-0.2, -0.15) is 0 Å². The van der Waals surface area contributed by atoms with Crippen LogP contribution in [0.15, 0.2) is 46.1 Å². The van der Waals surface area contributed by atoms with Crippen molar-refractivity contribution in [2.45, 2.75) is 13.1 Å². The van der Waals surface area contributed by atoms with Crippen molar-refractivity contribution in [1.82, 2.24) is 20.3 Å². The molecule has 8 heteroatoms. The lowest BCUT2D eigenvalue weighted by atomic mass is 10.2. The van der Waals surface area contributed by atoms with Crippen LogP contribution >= 0.6 is 0 Å². The Balaban J connectivity index is 1.45. The fourth-order valence-corrected chi connectivity index (χ4v) is 3.17. The van der Waals surface area contributed by atoms with Crippen LogP contribution in [-0.2, 0) is 17.8 Å². The number of piperazine rings is 1. The van der Waals surface area contributed by atoms with Gasteiger partial charge in [0.1, 0.15) is 18.6 Å². The summed E-state index contributed by atoms with van der Waals surface area (Å²) in [7, 11) is 3.50. The van der Waals surface area contributed by atoms with Crippen LogP contribution in [0.5, 0.6) is 5.75 Å². The second-order valence-corrected chi connectivity index (χ2v) is 6.64. The van der Waals surface area contributed by atoms with E-state index in [0.29, 0.717) is 19.8 Å². The summed E-state index contributed by atoms with van der Waals surface area (Å²) in [6.45, 7) is 6.45. The molecule has 152 valence electrons. The monoisotopic (exact) mass is 387 g/mol. The normalized spacial score (nSPS) is 15.6. The zero-order chi connectivity index (χ0) is 19.6. The number of guanidine groups is 1. The van der Waals surface area contributed by atoms with E-state index in [0.717, 1.165) is 55.7 Å². The Hall–Kier alpha value is -2.58. The predicted molar refractivity (Wildman–Crippen MR) is 107 cm³/mol. The predicted octanol–water partition coefficient (Wildman–Crippen LogP) is 1.59. The van der Waals surface area contributed by atoms with Gasteiger partial charge in [-0.1, -0.05) is 17.3 Å². The van der Waals surface area contributed by atoms with Crippen LogP contribution < -0.4 is 10.1 Å². The molecule has 0 radical (unpaired) electrons. The molecule has 0 atom stereocenters. The first-order valence-electron chi connectivity index (χ1n) is 9.56. The summed E-state index contributed by atoms with van der Waals surface area (Å²) >= 11 is 0. The quantitative estimate of drug-likeness (QED) is 0.419. The molecule has 0 saturated carbocycles. The van der Waals surface area contributed by atoms with E-state index < -0.39 is 0 Å². The van der Waals surface area contributed by atoms with Gasteiger partial charge in [-0.25, -0.2) is 0 Å². The molecule has 1 fully saturated rings. The zero-order valence-electron chi connectivity index (χ0n) is 16.6. The number of nitrogens with zero attached hydrogens (tertiary/aromatic N) is 4. The molecule has 0 bridgehead atoms. The highest BCUT2D eigenvalue weighted by atomic mass is 16.5. The topological polar surface area (TPSA) is 75.4 Å². The zero-order valence-corrected chi connectivity index (χ0v) is 16.6. The van der Waals surface area contributed by atoms with E-state index in [1.165, 1.54) is 0 Å². The van der Waals surface area contributed by atoms with Crippen LogP contribution in [0.1, 0.15) is 11.3 Å². The highest BCUT2D eigenvalue weighted by Gasteiger charge is 2.20. The number of hydrogen-bond donors (Lipinski definition) is 1. The average Bonchev–Trinajstić information content (AvgIpc) is 3.23. The third-order valence-electron chi connectivity index (χ3n) is 4.67. The van der Waals surface area contributed by atoms with Crippen LogP contribution in [0, 0.1) is 0 Å². The van der Waals surface area contributed by atoms with E-state index in [1.807, 2.05) is 31.3 Å². The number of nitrogens with one attached hydrogen (secondary N) is 1. The number of methoxy groups -OCH3 is 1. The minimum Gasteiger partial charge on any atom is -0.491 e. The first-order chi connectivity index (χ1) is 13.8. The summed E-state index contributed by atoms with van der Waals surface area (Å²) < 4.78 is 15.6. The van der Waals surface area contributed by atoms with Gasteiger partial charge < -0.3 is 24.2 Å². The van der Waals surface area contributed by atoms with Crippen molar-refractivity contribution in [2.24, 2.45) is 4.99 Å². The Kier molecular flexibility index (Phi) is 7.69. The van der Waals surface area contributed by atoms with Gasteiger partial charge in [0.05, 0.1) is 12.3 Å². The van der Waals surface area contributed by atoms with Crippen LogP contribution in [0.2, 0.25) is 0 Å². The molecule has 28 heavy (non-hydrogen) atoms. The minimum absolute atomic E-state index is 0.549. The molecule has 1 aliphatic heterocycles. The summed E-state index contributed by atoms with van der Waals surface area (Å²) in [5, 5.41) is 7.45. The fourth-order valence-electron chi connectivity index (χ4n) is 3.17. The lowest BCUT2D eigenvalue weighted by Gasteiger charge is -2.36. The number of aromatic nitrogens is 1. The number of hydrogen-bond acceptors (Lipinski definition) is 6. The molecular weight excluding hydrogens is 358 g/mol. The van der Waals surface area contributed by atoms with Gasteiger partial charge in [0.15, 0.2) is 5.96 Å². The van der Waals surface area contributed by atoms with E-state index in [2.05, 4.69) is 31.3 Å². The molecule has 1 saturated heterocycles. The number of ether oxygens (including phenoxy) is 2. The molecule has 1 aliphatic rings. The number of aliphatic imine (C=N–C) groups is 1. The van der Waals surface area contributed by atoms with E-state index >= 15 is 0 Å². The molecule has 1 N–H and O–H groups in total. The van der Waals surface area contributed by atoms with Gasteiger partial charge in [0, 0.05) is 59.5 Å². The van der Waals surface area contributed by atoms with Crippen molar-refractivity contribution in [3.05, 3.63) is 47.9 Å². The maximum atomic E-state index is 5.68. The minimum atomic E-state index is 0.549. The van der Waals surface area contributed by atoms with Crippen molar-refractivity contribution in [3.8, 4) is 5.75 Å². The smallest absolute Gasteiger partial charge is 0.194 e. The third kappa shape index (κ3) is 5.97. The number of benzene rings is 1. The van der Waals surface area contributed by atoms with E-state index in [1.54, 1.807) is 13.4 Å². The Morgan fingerprint density at radius 2 is 2.07 bits per heavy atom. The molecule has 3 rings (SSSR count). The maximum absolute atomic E-state index is 5.68. The molecule has 0 unspecified atom stereocenters. The molecular formula is C20H29N5O3. The highest BCUT2D eigenvalue weighted by molar-refractivity contribution is 5.80.